The summed E-state index contributed by atoms with van der Waals surface area (Å²) >= 11 is 0. The van der Waals surface area contributed by atoms with Crippen molar-refractivity contribution in [2.75, 3.05) is 6.54 Å². The molecule has 4 nitrogen and oxygen atoms in total. The van der Waals surface area contributed by atoms with Gasteiger partial charge < -0.3 is 10.4 Å². The van der Waals surface area contributed by atoms with Gasteiger partial charge in [0.25, 0.3) is 0 Å². The molecule has 0 spiro atoms. The third-order valence-electron chi connectivity index (χ3n) is 4.45. The smallest absolute Gasteiger partial charge is 0.129 e. The molecule has 0 radical (unpaired) electrons. The summed E-state index contributed by atoms with van der Waals surface area (Å²) in [5, 5.41) is 17.6. The van der Waals surface area contributed by atoms with Crippen LogP contribution < -0.4 is 10.6 Å². The van der Waals surface area contributed by atoms with E-state index in [0.29, 0.717) is 6.54 Å². The highest BCUT2D eigenvalue weighted by molar-refractivity contribution is 5.31. The van der Waals surface area contributed by atoms with Crippen molar-refractivity contribution in [2.45, 2.75) is 58.3 Å². The number of aromatic nitrogens is 1. The summed E-state index contributed by atoms with van der Waals surface area (Å²) < 4.78 is 0. The lowest BCUT2D eigenvalue weighted by molar-refractivity contribution is -0.0158. The molecule has 126 valence electrons. The molecule has 0 fully saturated rings. The fraction of sp³-hybridized carbons (Fsp3) is 0.526. The first-order valence-corrected chi connectivity index (χ1v) is 8.55. The van der Waals surface area contributed by atoms with Gasteiger partial charge in [-0.25, -0.2) is 0 Å². The van der Waals surface area contributed by atoms with Crippen LogP contribution in [-0.4, -0.2) is 28.4 Å². The third-order valence-corrected chi connectivity index (χ3v) is 4.45. The fourth-order valence-electron chi connectivity index (χ4n) is 2.89. The van der Waals surface area contributed by atoms with Crippen LogP contribution in [0.4, 0.5) is 0 Å². The van der Waals surface area contributed by atoms with Crippen LogP contribution in [0.1, 0.15) is 45.7 Å². The van der Waals surface area contributed by atoms with Crippen molar-refractivity contribution in [1.29, 1.82) is 0 Å². The third kappa shape index (κ3) is 4.99. The number of hydrogen-bond donors (Lipinski definition) is 3. The summed E-state index contributed by atoms with van der Waals surface area (Å²) in [6.07, 6.45) is 9.11. The Morgan fingerprint density at radius 3 is 2.91 bits per heavy atom. The van der Waals surface area contributed by atoms with E-state index in [1.165, 1.54) is 11.1 Å². The molecular weight excluding hydrogens is 286 g/mol. The minimum absolute atomic E-state index is 0.0157. The first-order valence-electron chi connectivity index (χ1n) is 8.55. The Kier molecular flexibility index (Phi) is 6.51. The molecule has 0 bridgehead atoms. The molecule has 1 aliphatic heterocycles. The molecule has 0 aliphatic carbocycles. The number of allylic oxidation sites excluding steroid dienone is 2. The average Bonchev–Trinajstić information content (AvgIpc) is 2.59. The van der Waals surface area contributed by atoms with Crippen LogP contribution in [0.25, 0.3) is 0 Å². The normalized spacial score (nSPS) is 21.7. The zero-order valence-electron chi connectivity index (χ0n) is 14.5. The van der Waals surface area contributed by atoms with E-state index >= 15 is 0 Å². The van der Waals surface area contributed by atoms with Crippen molar-refractivity contribution >= 4 is 0 Å². The van der Waals surface area contributed by atoms with Gasteiger partial charge in [-0.05, 0) is 43.9 Å². The molecule has 2 heterocycles. The van der Waals surface area contributed by atoms with Gasteiger partial charge in [-0.2, -0.15) is 0 Å². The van der Waals surface area contributed by atoms with Crippen molar-refractivity contribution in [2.24, 2.45) is 0 Å². The Labute approximate surface area is 139 Å². The first-order chi connectivity index (χ1) is 11.1. The van der Waals surface area contributed by atoms with Gasteiger partial charge in [-0.3, -0.25) is 10.3 Å². The Balaban J connectivity index is 2.02. The summed E-state index contributed by atoms with van der Waals surface area (Å²) in [5.41, 5.74) is 2.74. The molecule has 0 amide bonds. The van der Waals surface area contributed by atoms with Gasteiger partial charge in [-0.15, -0.1) is 0 Å². The average molecular weight is 315 g/mol. The molecule has 0 saturated heterocycles. The summed E-state index contributed by atoms with van der Waals surface area (Å²) in [6, 6.07) is 5.80. The van der Waals surface area contributed by atoms with Crippen LogP contribution >= 0.6 is 0 Å². The van der Waals surface area contributed by atoms with Gasteiger partial charge in [-0.1, -0.05) is 37.6 Å². The second-order valence-corrected chi connectivity index (χ2v) is 6.25. The Morgan fingerprint density at radius 2 is 2.26 bits per heavy atom. The topological polar surface area (TPSA) is 57.2 Å². The monoisotopic (exact) mass is 315 g/mol. The van der Waals surface area contributed by atoms with Crippen molar-refractivity contribution in [3.05, 3.63) is 53.4 Å². The van der Waals surface area contributed by atoms with Gasteiger partial charge >= 0.3 is 0 Å². The highest BCUT2D eigenvalue weighted by Gasteiger charge is 2.34. The van der Waals surface area contributed by atoms with E-state index < -0.39 is 5.72 Å². The van der Waals surface area contributed by atoms with Gasteiger partial charge in [0.1, 0.15) is 5.72 Å². The maximum absolute atomic E-state index is 10.9. The minimum atomic E-state index is -0.984. The largest absolute Gasteiger partial charge is 0.374 e. The molecule has 2 atom stereocenters. The standard InChI is InChI=1S/C19H29N3O/c1-4-6-9-16-12-18(21-13-15(16)5-2)19(3,23)22-14-17-10-7-8-11-20-17/h6-11,18,21-23H,4-5,12-14H2,1-3H3/b9-6-/t18-,19?/m0/s1. The predicted octanol–water partition coefficient (Wildman–Crippen LogP) is 2.91. The molecule has 0 aromatic carbocycles. The quantitative estimate of drug-likeness (QED) is 0.677. The maximum atomic E-state index is 10.9. The van der Waals surface area contributed by atoms with Crippen molar-refractivity contribution in [3.8, 4) is 0 Å². The number of aliphatic hydroxyl groups is 1. The number of hydrogen-bond acceptors (Lipinski definition) is 4. The first kappa shape index (κ1) is 17.9. The molecule has 1 unspecified atom stereocenters. The van der Waals surface area contributed by atoms with Crippen LogP contribution in [0.2, 0.25) is 0 Å². The van der Waals surface area contributed by atoms with Crippen LogP contribution in [0, 0.1) is 0 Å². The molecule has 4 heteroatoms. The van der Waals surface area contributed by atoms with Crippen LogP contribution in [0.5, 0.6) is 0 Å². The molecule has 3 N–H and O–H groups in total. The Bertz CT molecular complexity index is 549. The maximum Gasteiger partial charge on any atom is 0.129 e. The van der Waals surface area contributed by atoms with Gasteiger partial charge in [0.15, 0.2) is 0 Å². The second kappa shape index (κ2) is 8.39. The van der Waals surface area contributed by atoms with Gasteiger partial charge in [0.2, 0.25) is 0 Å². The molecule has 1 aromatic rings. The van der Waals surface area contributed by atoms with Gasteiger partial charge in [0, 0.05) is 19.3 Å². The SMILES string of the molecule is CC/C=C\C1=C(CC)CN[C@H](C(C)(O)NCc2ccccn2)C1. The molecule has 2 rings (SSSR count). The van der Waals surface area contributed by atoms with Crippen molar-refractivity contribution < 1.29 is 5.11 Å². The van der Waals surface area contributed by atoms with Crippen molar-refractivity contribution in [3.63, 3.8) is 0 Å². The Hall–Kier alpha value is -1.49. The van der Waals surface area contributed by atoms with E-state index in [0.717, 1.165) is 31.5 Å². The van der Waals surface area contributed by atoms with E-state index in [-0.39, 0.29) is 6.04 Å². The molecular formula is C19H29N3O. The van der Waals surface area contributed by atoms with E-state index in [4.69, 9.17) is 0 Å². The minimum Gasteiger partial charge on any atom is -0.374 e. The number of nitrogens with one attached hydrogen (secondary N) is 2. The van der Waals surface area contributed by atoms with E-state index in [1.54, 1.807) is 6.20 Å². The van der Waals surface area contributed by atoms with Gasteiger partial charge in [0.05, 0.1) is 11.7 Å². The van der Waals surface area contributed by atoms with Crippen LogP contribution in [0.15, 0.2) is 47.7 Å². The van der Waals surface area contributed by atoms with E-state index in [9.17, 15) is 5.11 Å². The zero-order chi connectivity index (χ0) is 16.7. The van der Waals surface area contributed by atoms with Crippen molar-refractivity contribution in [1.82, 2.24) is 15.6 Å². The van der Waals surface area contributed by atoms with Crippen LogP contribution in [-0.2, 0) is 6.54 Å². The Morgan fingerprint density at radius 1 is 1.43 bits per heavy atom. The summed E-state index contributed by atoms with van der Waals surface area (Å²) in [7, 11) is 0. The summed E-state index contributed by atoms with van der Waals surface area (Å²) in [5.74, 6) is 0. The number of nitrogens with zero attached hydrogens (tertiary/aromatic N) is 1. The predicted molar refractivity (Wildman–Crippen MR) is 94.9 cm³/mol. The summed E-state index contributed by atoms with van der Waals surface area (Å²) in [4.78, 5) is 4.29. The highest BCUT2D eigenvalue weighted by atomic mass is 16.3. The number of pyridine rings is 1. The molecule has 1 aliphatic rings. The lowest BCUT2D eigenvalue weighted by Gasteiger charge is -2.38. The molecule has 23 heavy (non-hydrogen) atoms. The fourth-order valence-corrected chi connectivity index (χ4v) is 2.89. The highest BCUT2D eigenvalue weighted by Crippen LogP contribution is 2.25. The summed E-state index contributed by atoms with van der Waals surface area (Å²) in [6.45, 7) is 7.56. The lowest BCUT2D eigenvalue weighted by atomic mass is 9.89. The second-order valence-electron chi connectivity index (χ2n) is 6.25. The number of rotatable bonds is 7. The van der Waals surface area contributed by atoms with E-state index in [2.05, 4.69) is 41.6 Å². The van der Waals surface area contributed by atoms with E-state index in [1.807, 2.05) is 25.1 Å². The lowest BCUT2D eigenvalue weighted by Crippen LogP contribution is -2.59. The molecule has 0 saturated carbocycles. The zero-order valence-corrected chi connectivity index (χ0v) is 14.5. The molecule has 1 aromatic heterocycles. The van der Waals surface area contributed by atoms with Crippen LogP contribution in [0.3, 0.4) is 0 Å².